The van der Waals surface area contributed by atoms with Gasteiger partial charge in [0.25, 0.3) is 0 Å². The molecule has 0 fully saturated rings. The average molecular weight is 361 g/mol. The smallest absolute Gasteiger partial charge is 0.317 e. The molecular formula is C23H27N3O. The standard InChI is InChI=1S/C23H27N3O/c1-16-14-17(2)26-22(25-16)27-21(15-18-10-12-24-13-11-18)19-6-8-20(9-7-19)23(3,4)5/h6-14,21H,15H2,1-5H3. The van der Waals surface area contributed by atoms with E-state index in [1.165, 1.54) is 11.1 Å². The van der Waals surface area contributed by atoms with E-state index in [1.807, 2.05) is 44.4 Å². The van der Waals surface area contributed by atoms with E-state index in [1.54, 1.807) is 0 Å². The van der Waals surface area contributed by atoms with Gasteiger partial charge >= 0.3 is 6.01 Å². The zero-order valence-electron chi connectivity index (χ0n) is 16.7. The van der Waals surface area contributed by atoms with Crippen LogP contribution >= 0.6 is 0 Å². The van der Waals surface area contributed by atoms with Crippen molar-refractivity contribution in [2.45, 2.75) is 52.6 Å². The Bertz CT molecular complexity index is 863. The SMILES string of the molecule is Cc1cc(C)nc(OC(Cc2ccncc2)c2ccc(C(C)(C)C)cc2)n1. The third-order valence-corrected chi connectivity index (χ3v) is 4.53. The van der Waals surface area contributed by atoms with Gasteiger partial charge in [-0.25, -0.2) is 9.97 Å². The molecule has 1 unspecified atom stereocenters. The van der Waals surface area contributed by atoms with Crippen molar-refractivity contribution in [2.24, 2.45) is 0 Å². The van der Waals surface area contributed by atoms with Crippen molar-refractivity contribution in [3.8, 4) is 6.01 Å². The molecule has 2 heterocycles. The Labute approximate surface area is 161 Å². The van der Waals surface area contributed by atoms with Gasteiger partial charge in [0.15, 0.2) is 0 Å². The molecule has 0 saturated heterocycles. The van der Waals surface area contributed by atoms with Crippen molar-refractivity contribution >= 4 is 0 Å². The zero-order chi connectivity index (χ0) is 19.4. The second-order valence-corrected chi connectivity index (χ2v) is 7.97. The number of ether oxygens (including phenoxy) is 1. The molecule has 2 aromatic heterocycles. The Hall–Kier alpha value is -2.75. The molecule has 0 aliphatic carbocycles. The van der Waals surface area contributed by atoms with Crippen molar-refractivity contribution in [1.29, 1.82) is 0 Å². The molecule has 0 bridgehead atoms. The normalized spacial score (nSPS) is 12.6. The number of rotatable bonds is 5. The van der Waals surface area contributed by atoms with Crippen molar-refractivity contribution < 1.29 is 4.74 Å². The molecular weight excluding hydrogens is 334 g/mol. The minimum Gasteiger partial charge on any atom is -0.455 e. The average Bonchev–Trinajstić information content (AvgIpc) is 2.61. The van der Waals surface area contributed by atoms with Crippen LogP contribution in [0.2, 0.25) is 0 Å². The van der Waals surface area contributed by atoms with Gasteiger partial charge in [-0.05, 0) is 54.2 Å². The number of aryl methyl sites for hydroxylation is 2. The molecule has 0 aliphatic rings. The molecule has 27 heavy (non-hydrogen) atoms. The molecule has 0 saturated carbocycles. The van der Waals surface area contributed by atoms with Gasteiger partial charge in [-0.15, -0.1) is 0 Å². The number of hydrogen-bond donors (Lipinski definition) is 0. The second-order valence-electron chi connectivity index (χ2n) is 7.97. The molecule has 0 amide bonds. The predicted molar refractivity (Wildman–Crippen MR) is 108 cm³/mol. The van der Waals surface area contributed by atoms with Gasteiger partial charge < -0.3 is 4.74 Å². The summed E-state index contributed by atoms with van der Waals surface area (Å²) in [4.78, 5) is 13.0. The third kappa shape index (κ3) is 5.13. The van der Waals surface area contributed by atoms with E-state index >= 15 is 0 Å². The number of hydrogen-bond acceptors (Lipinski definition) is 4. The summed E-state index contributed by atoms with van der Waals surface area (Å²) in [6.07, 6.45) is 4.18. The predicted octanol–water partition coefficient (Wildman–Crippen LogP) is 5.15. The molecule has 1 aromatic carbocycles. The van der Waals surface area contributed by atoms with Crippen molar-refractivity contribution in [3.63, 3.8) is 0 Å². The van der Waals surface area contributed by atoms with Gasteiger partial charge in [0.1, 0.15) is 6.10 Å². The van der Waals surface area contributed by atoms with E-state index in [2.05, 4.69) is 60.0 Å². The number of pyridine rings is 1. The summed E-state index contributed by atoms with van der Waals surface area (Å²) in [7, 11) is 0. The van der Waals surface area contributed by atoms with Crippen molar-refractivity contribution in [1.82, 2.24) is 15.0 Å². The van der Waals surface area contributed by atoms with Gasteiger partial charge in [-0.2, -0.15) is 0 Å². The molecule has 0 N–H and O–H groups in total. The highest BCUT2D eigenvalue weighted by Gasteiger charge is 2.19. The van der Waals surface area contributed by atoms with Crippen LogP contribution in [0.5, 0.6) is 6.01 Å². The van der Waals surface area contributed by atoms with Crippen LogP contribution in [0.4, 0.5) is 0 Å². The lowest BCUT2D eigenvalue weighted by Crippen LogP contribution is -2.15. The Balaban J connectivity index is 1.91. The van der Waals surface area contributed by atoms with Gasteiger partial charge in [-0.3, -0.25) is 4.98 Å². The first kappa shape index (κ1) is 19.0. The van der Waals surface area contributed by atoms with Crippen molar-refractivity contribution in [2.75, 3.05) is 0 Å². The minimum atomic E-state index is -0.164. The van der Waals surface area contributed by atoms with Crippen molar-refractivity contribution in [3.05, 3.63) is 82.9 Å². The first-order chi connectivity index (χ1) is 12.8. The second kappa shape index (κ2) is 7.87. The molecule has 3 aromatic rings. The molecule has 0 aliphatic heterocycles. The lowest BCUT2D eigenvalue weighted by molar-refractivity contribution is 0.187. The summed E-state index contributed by atoms with van der Waals surface area (Å²) >= 11 is 0. The van der Waals surface area contributed by atoms with Gasteiger partial charge in [-0.1, -0.05) is 45.0 Å². The number of nitrogens with zero attached hydrogens (tertiary/aromatic N) is 3. The largest absolute Gasteiger partial charge is 0.455 e. The highest BCUT2D eigenvalue weighted by molar-refractivity contribution is 5.30. The van der Waals surface area contributed by atoms with Crippen LogP contribution in [-0.4, -0.2) is 15.0 Å². The fraction of sp³-hybridized carbons (Fsp3) is 0.348. The molecule has 3 rings (SSSR count). The topological polar surface area (TPSA) is 47.9 Å². The van der Waals surface area contributed by atoms with Gasteiger partial charge in [0.2, 0.25) is 0 Å². The minimum absolute atomic E-state index is 0.122. The van der Waals surface area contributed by atoms with E-state index in [4.69, 9.17) is 4.74 Å². The first-order valence-electron chi connectivity index (χ1n) is 9.29. The fourth-order valence-electron chi connectivity index (χ4n) is 3.03. The Kier molecular flexibility index (Phi) is 5.54. The summed E-state index contributed by atoms with van der Waals surface area (Å²) < 4.78 is 6.25. The van der Waals surface area contributed by atoms with E-state index in [-0.39, 0.29) is 11.5 Å². The van der Waals surface area contributed by atoms with E-state index < -0.39 is 0 Å². The summed E-state index contributed by atoms with van der Waals surface area (Å²) in [5.41, 5.74) is 5.52. The van der Waals surface area contributed by atoms with Crippen LogP contribution in [0.3, 0.4) is 0 Å². The fourth-order valence-corrected chi connectivity index (χ4v) is 3.03. The van der Waals surface area contributed by atoms with Gasteiger partial charge in [0, 0.05) is 30.2 Å². The number of aromatic nitrogens is 3. The maximum atomic E-state index is 6.25. The third-order valence-electron chi connectivity index (χ3n) is 4.53. The van der Waals surface area contributed by atoms with Crippen LogP contribution in [0, 0.1) is 13.8 Å². The van der Waals surface area contributed by atoms with E-state index in [0.717, 1.165) is 23.4 Å². The molecule has 0 radical (unpaired) electrons. The molecule has 0 spiro atoms. The molecule has 4 nitrogen and oxygen atoms in total. The lowest BCUT2D eigenvalue weighted by Gasteiger charge is -2.22. The van der Waals surface area contributed by atoms with Gasteiger partial charge in [0.05, 0.1) is 0 Å². The molecule has 4 heteroatoms. The number of benzene rings is 1. The Morgan fingerprint density at radius 2 is 1.48 bits per heavy atom. The van der Waals surface area contributed by atoms with E-state index in [0.29, 0.717) is 6.01 Å². The maximum Gasteiger partial charge on any atom is 0.317 e. The Morgan fingerprint density at radius 1 is 0.889 bits per heavy atom. The summed E-state index contributed by atoms with van der Waals surface area (Å²) in [5, 5.41) is 0. The highest BCUT2D eigenvalue weighted by atomic mass is 16.5. The maximum absolute atomic E-state index is 6.25. The van der Waals surface area contributed by atoms with Crippen LogP contribution < -0.4 is 4.74 Å². The van der Waals surface area contributed by atoms with Crippen LogP contribution in [0.1, 0.15) is 55.0 Å². The quantitative estimate of drug-likeness (QED) is 0.630. The van der Waals surface area contributed by atoms with Crippen LogP contribution in [0.15, 0.2) is 54.9 Å². The highest BCUT2D eigenvalue weighted by Crippen LogP contribution is 2.27. The lowest BCUT2D eigenvalue weighted by atomic mass is 9.86. The monoisotopic (exact) mass is 361 g/mol. The summed E-state index contributed by atoms with van der Waals surface area (Å²) in [6.45, 7) is 10.6. The Morgan fingerprint density at radius 3 is 2.04 bits per heavy atom. The van der Waals surface area contributed by atoms with Crippen LogP contribution in [-0.2, 0) is 11.8 Å². The molecule has 140 valence electrons. The first-order valence-corrected chi connectivity index (χ1v) is 9.29. The summed E-state index contributed by atoms with van der Waals surface area (Å²) in [6, 6.07) is 15.1. The summed E-state index contributed by atoms with van der Waals surface area (Å²) in [5.74, 6) is 0. The van der Waals surface area contributed by atoms with Crippen LogP contribution in [0.25, 0.3) is 0 Å². The molecule has 1 atom stereocenters. The zero-order valence-corrected chi connectivity index (χ0v) is 16.7. The van der Waals surface area contributed by atoms with E-state index in [9.17, 15) is 0 Å².